The average Bonchev–Trinajstić information content (AvgIpc) is 2.76. The zero-order valence-electron chi connectivity index (χ0n) is 9.76. The summed E-state index contributed by atoms with van der Waals surface area (Å²) in [6, 6.07) is 6.00. The van der Waals surface area contributed by atoms with Crippen LogP contribution in [0.4, 0.5) is 0 Å². The Bertz CT molecular complexity index is 369. The van der Waals surface area contributed by atoms with Crippen molar-refractivity contribution in [1.29, 1.82) is 5.26 Å². The Morgan fingerprint density at radius 1 is 1.25 bits per heavy atom. The molecule has 0 radical (unpaired) electrons. The van der Waals surface area contributed by atoms with E-state index in [0.29, 0.717) is 0 Å². The standard InChI is InChI=1S/C12H18N4/c1-14-5-7-15(8-6-14)9-10-16-4-2-3-12(16)11-13/h2-4H,5-10H2,1H3. The summed E-state index contributed by atoms with van der Waals surface area (Å²) in [5, 5.41) is 8.89. The molecule has 4 nitrogen and oxygen atoms in total. The first-order valence-corrected chi connectivity index (χ1v) is 5.76. The molecule has 1 aliphatic rings. The average molecular weight is 218 g/mol. The van der Waals surface area contributed by atoms with E-state index in [9.17, 15) is 0 Å². The summed E-state index contributed by atoms with van der Waals surface area (Å²) in [6.07, 6.45) is 1.98. The second kappa shape index (κ2) is 5.15. The number of nitrogens with zero attached hydrogens (tertiary/aromatic N) is 4. The lowest BCUT2D eigenvalue weighted by molar-refractivity contribution is 0.150. The predicted octanol–water partition coefficient (Wildman–Crippen LogP) is 0.607. The molecule has 1 aromatic rings. The quantitative estimate of drug-likeness (QED) is 0.745. The Morgan fingerprint density at radius 2 is 2.00 bits per heavy atom. The van der Waals surface area contributed by atoms with Crippen LogP contribution in [-0.2, 0) is 6.54 Å². The van der Waals surface area contributed by atoms with Crippen molar-refractivity contribution >= 4 is 0 Å². The third-order valence-corrected chi connectivity index (χ3v) is 3.20. The van der Waals surface area contributed by atoms with Crippen LogP contribution in [0.1, 0.15) is 5.69 Å². The van der Waals surface area contributed by atoms with E-state index in [4.69, 9.17) is 5.26 Å². The van der Waals surface area contributed by atoms with E-state index in [1.807, 2.05) is 22.9 Å². The van der Waals surface area contributed by atoms with Gasteiger partial charge in [0.1, 0.15) is 11.8 Å². The summed E-state index contributed by atoms with van der Waals surface area (Å²) in [4.78, 5) is 4.81. The minimum atomic E-state index is 0.758. The highest BCUT2D eigenvalue weighted by atomic mass is 15.2. The van der Waals surface area contributed by atoms with Crippen LogP contribution >= 0.6 is 0 Å². The first-order chi connectivity index (χ1) is 7.79. The molecule has 16 heavy (non-hydrogen) atoms. The molecule has 1 aromatic heterocycles. The SMILES string of the molecule is CN1CCN(CCn2cccc2C#N)CC1. The third-order valence-electron chi connectivity index (χ3n) is 3.20. The van der Waals surface area contributed by atoms with E-state index in [1.54, 1.807) is 0 Å². The number of rotatable bonds is 3. The Morgan fingerprint density at radius 3 is 2.69 bits per heavy atom. The molecule has 1 fully saturated rings. The van der Waals surface area contributed by atoms with Crippen molar-refractivity contribution in [2.24, 2.45) is 0 Å². The molecule has 0 N–H and O–H groups in total. The third kappa shape index (κ3) is 2.63. The summed E-state index contributed by atoms with van der Waals surface area (Å²) in [5.74, 6) is 0. The first kappa shape index (κ1) is 11.2. The molecule has 0 bridgehead atoms. The molecule has 0 atom stereocenters. The number of hydrogen-bond acceptors (Lipinski definition) is 3. The van der Waals surface area contributed by atoms with Crippen LogP contribution in [0.3, 0.4) is 0 Å². The summed E-state index contributed by atoms with van der Waals surface area (Å²) >= 11 is 0. The number of likely N-dealkylation sites (N-methyl/N-ethyl adjacent to an activating group) is 1. The van der Waals surface area contributed by atoms with Gasteiger partial charge in [0.05, 0.1) is 0 Å². The van der Waals surface area contributed by atoms with Crippen molar-refractivity contribution < 1.29 is 0 Å². The molecule has 0 saturated carbocycles. The van der Waals surface area contributed by atoms with Crippen LogP contribution in [0, 0.1) is 11.3 Å². The maximum Gasteiger partial charge on any atom is 0.120 e. The topological polar surface area (TPSA) is 35.2 Å². The fourth-order valence-electron chi connectivity index (χ4n) is 2.03. The van der Waals surface area contributed by atoms with Gasteiger partial charge in [0.2, 0.25) is 0 Å². The first-order valence-electron chi connectivity index (χ1n) is 5.76. The highest BCUT2D eigenvalue weighted by Crippen LogP contribution is 2.03. The lowest BCUT2D eigenvalue weighted by Gasteiger charge is -2.32. The summed E-state index contributed by atoms with van der Waals surface area (Å²) in [6.45, 7) is 6.53. The van der Waals surface area contributed by atoms with E-state index < -0.39 is 0 Å². The van der Waals surface area contributed by atoms with Gasteiger partial charge in [-0.1, -0.05) is 0 Å². The molecule has 0 aromatic carbocycles. The molecular weight excluding hydrogens is 200 g/mol. The van der Waals surface area contributed by atoms with E-state index in [2.05, 4.69) is 22.9 Å². The van der Waals surface area contributed by atoms with Crippen LogP contribution in [0.5, 0.6) is 0 Å². The molecule has 2 heterocycles. The molecular formula is C12H18N4. The molecule has 0 spiro atoms. The monoisotopic (exact) mass is 218 g/mol. The van der Waals surface area contributed by atoms with Gasteiger partial charge in [-0.15, -0.1) is 0 Å². The Hall–Kier alpha value is -1.31. The zero-order valence-corrected chi connectivity index (χ0v) is 9.76. The van der Waals surface area contributed by atoms with Crippen molar-refractivity contribution in [3.8, 4) is 6.07 Å². The minimum Gasteiger partial charge on any atom is -0.338 e. The Labute approximate surface area is 96.7 Å². The number of hydrogen-bond donors (Lipinski definition) is 0. The molecule has 0 aliphatic carbocycles. The van der Waals surface area contributed by atoms with Gasteiger partial charge in [0.15, 0.2) is 0 Å². The van der Waals surface area contributed by atoms with Crippen molar-refractivity contribution in [2.75, 3.05) is 39.8 Å². The van der Waals surface area contributed by atoms with Gasteiger partial charge in [-0.2, -0.15) is 5.26 Å². The molecule has 0 unspecified atom stereocenters. The number of nitriles is 1. The minimum absolute atomic E-state index is 0.758. The van der Waals surface area contributed by atoms with Gasteiger partial charge < -0.3 is 9.47 Å². The second-order valence-corrected chi connectivity index (χ2v) is 4.34. The van der Waals surface area contributed by atoms with Crippen molar-refractivity contribution in [3.63, 3.8) is 0 Å². The molecule has 1 saturated heterocycles. The maximum absolute atomic E-state index is 8.89. The predicted molar refractivity (Wildman–Crippen MR) is 63.1 cm³/mol. The molecule has 1 aliphatic heterocycles. The van der Waals surface area contributed by atoms with Crippen molar-refractivity contribution in [3.05, 3.63) is 24.0 Å². The van der Waals surface area contributed by atoms with Gasteiger partial charge >= 0.3 is 0 Å². The van der Waals surface area contributed by atoms with Crippen LogP contribution in [-0.4, -0.2) is 54.1 Å². The van der Waals surface area contributed by atoms with Crippen molar-refractivity contribution in [2.45, 2.75) is 6.54 Å². The normalized spacial score (nSPS) is 18.5. The largest absolute Gasteiger partial charge is 0.338 e. The maximum atomic E-state index is 8.89. The van der Waals surface area contributed by atoms with Gasteiger partial charge in [-0.25, -0.2) is 0 Å². The smallest absolute Gasteiger partial charge is 0.120 e. The van der Waals surface area contributed by atoms with Gasteiger partial charge in [0.25, 0.3) is 0 Å². The summed E-state index contributed by atoms with van der Waals surface area (Å²) in [7, 11) is 2.16. The zero-order chi connectivity index (χ0) is 11.4. The number of aromatic nitrogens is 1. The fourth-order valence-corrected chi connectivity index (χ4v) is 2.03. The highest BCUT2D eigenvalue weighted by molar-refractivity contribution is 5.21. The van der Waals surface area contributed by atoms with E-state index in [-0.39, 0.29) is 0 Å². The molecule has 86 valence electrons. The van der Waals surface area contributed by atoms with Crippen LogP contribution < -0.4 is 0 Å². The number of piperazine rings is 1. The lowest BCUT2D eigenvalue weighted by Crippen LogP contribution is -2.45. The van der Waals surface area contributed by atoms with Crippen LogP contribution in [0.25, 0.3) is 0 Å². The molecule has 4 heteroatoms. The van der Waals surface area contributed by atoms with Gasteiger partial charge in [-0.05, 0) is 19.2 Å². The fraction of sp³-hybridized carbons (Fsp3) is 0.583. The summed E-state index contributed by atoms with van der Waals surface area (Å²) in [5.41, 5.74) is 0.758. The van der Waals surface area contributed by atoms with E-state index >= 15 is 0 Å². The highest BCUT2D eigenvalue weighted by Gasteiger charge is 2.13. The van der Waals surface area contributed by atoms with Gasteiger partial charge in [-0.3, -0.25) is 4.90 Å². The second-order valence-electron chi connectivity index (χ2n) is 4.34. The lowest BCUT2D eigenvalue weighted by atomic mass is 10.3. The van der Waals surface area contributed by atoms with E-state index in [1.165, 1.54) is 0 Å². The van der Waals surface area contributed by atoms with Crippen LogP contribution in [0.15, 0.2) is 18.3 Å². The van der Waals surface area contributed by atoms with Gasteiger partial charge in [0, 0.05) is 45.5 Å². The van der Waals surface area contributed by atoms with E-state index in [0.717, 1.165) is 45.0 Å². The summed E-state index contributed by atoms with van der Waals surface area (Å²) < 4.78 is 2.03. The molecule has 0 amide bonds. The van der Waals surface area contributed by atoms with Crippen LogP contribution in [0.2, 0.25) is 0 Å². The van der Waals surface area contributed by atoms with Crippen molar-refractivity contribution in [1.82, 2.24) is 14.4 Å². The Balaban J connectivity index is 1.82. The molecule has 2 rings (SSSR count). The Kier molecular flexibility index (Phi) is 3.60.